The number of hydrogen-bond donors (Lipinski definition) is 2. The van der Waals surface area contributed by atoms with Crippen LogP contribution in [0.5, 0.6) is 0 Å². The van der Waals surface area contributed by atoms with Gasteiger partial charge >= 0.3 is 11.8 Å². The molecule has 5 rings (SSSR count). The van der Waals surface area contributed by atoms with Crippen molar-refractivity contribution < 1.29 is 53.4 Å². The van der Waals surface area contributed by atoms with Gasteiger partial charge in [0.15, 0.2) is 11.5 Å². The molecule has 1 aliphatic carbocycles. The number of aromatic nitrogens is 4. The van der Waals surface area contributed by atoms with E-state index in [1.54, 1.807) is 6.92 Å². The molecule has 264 valence electrons. The molecule has 1 saturated carbocycles. The third kappa shape index (κ3) is 7.01. The first-order valence-electron chi connectivity index (χ1n) is 15.3. The van der Waals surface area contributed by atoms with Gasteiger partial charge < -0.3 is 15.2 Å². The molecule has 3 aromatic rings. The predicted molar refractivity (Wildman–Crippen MR) is 155 cm³/mol. The summed E-state index contributed by atoms with van der Waals surface area (Å²) in [5.74, 6) is -18.6. The van der Waals surface area contributed by atoms with Crippen molar-refractivity contribution in [1.29, 1.82) is 0 Å². The summed E-state index contributed by atoms with van der Waals surface area (Å²) in [5, 5.41) is 9.99. The quantitative estimate of drug-likeness (QED) is 0.265. The van der Waals surface area contributed by atoms with Crippen LogP contribution in [0.1, 0.15) is 85.5 Å². The number of imidazole rings is 1. The number of carbonyl (C=O) groups excluding carboxylic acids is 2. The molecule has 2 N–H and O–H groups in total. The molecule has 0 spiro atoms. The summed E-state index contributed by atoms with van der Waals surface area (Å²) < 4.78 is 130. The number of nitrogens with one attached hydrogen (secondary N) is 2. The Balaban J connectivity index is 1.52. The number of nitrogens with zero attached hydrogens (tertiary/aromatic N) is 4. The van der Waals surface area contributed by atoms with Gasteiger partial charge in [0, 0.05) is 24.2 Å². The summed E-state index contributed by atoms with van der Waals surface area (Å²) in [4.78, 5) is 34.0. The fraction of sp³-hybridized carbons (Fsp3) is 0.621. The van der Waals surface area contributed by atoms with Gasteiger partial charge in [0.05, 0.1) is 36.3 Å². The lowest BCUT2D eigenvalue weighted by atomic mass is 9.81. The second-order valence-corrected chi connectivity index (χ2v) is 14.7. The van der Waals surface area contributed by atoms with Gasteiger partial charge in [-0.1, -0.05) is 25.1 Å². The Morgan fingerprint density at radius 1 is 1.06 bits per heavy atom. The summed E-state index contributed by atoms with van der Waals surface area (Å²) in [6.07, 6.45) is -1.33. The number of aryl methyl sites for hydroxylation is 1. The highest BCUT2D eigenvalue weighted by Crippen LogP contribution is 2.44. The van der Waals surface area contributed by atoms with Crippen molar-refractivity contribution in [3.8, 4) is 0 Å². The molecule has 11 nitrogen and oxygen atoms in total. The summed E-state index contributed by atoms with van der Waals surface area (Å²) in [5.41, 5.74) is -0.732. The molecule has 3 heterocycles. The minimum Gasteiger partial charge on any atom is -0.340 e. The maximum absolute atomic E-state index is 16.3. The molecule has 2 amide bonds. The molecule has 2 fully saturated rings. The molecule has 1 saturated heterocycles. The second-order valence-electron chi connectivity index (χ2n) is 12.2. The first-order valence-corrected chi connectivity index (χ1v) is 17.1. The van der Waals surface area contributed by atoms with Crippen molar-refractivity contribution in [3.05, 3.63) is 40.7 Å². The van der Waals surface area contributed by atoms with E-state index in [0.29, 0.717) is 0 Å². The molecule has 19 heteroatoms. The first-order chi connectivity index (χ1) is 22.4. The van der Waals surface area contributed by atoms with Crippen LogP contribution in [0.15, 0.2) is 16.8 Å². The van der Waals surface area contributed by atoms with E-state index < -0.39 is 112 Å². The van der Waals surface area contributed by atoms with E-state index in [2.05, 4.69) is 30.2 Å². The van der Waals surface area contributed by atoms with Crippen molar-refractivity contribution in [3.63, 3.8) is 0 Å². The van der Waals surface area contributed by atoms with Gasteiger partial charge in [0.25, 0.3) is 5.91 Å². The predicted octanol–water partition coefficient (Wildman–Crippen LogP) is 4.97. The number of sulfone groups is 1. The molecular weight excluding hydrogens is 677 g/mol. The lowest BCUT2D eigenvalue weighted by Crippen LogP contribution is -2.38. The minimum atomic E-state index is -4.55. The number of carbonyl (C=O) groups is 2. The Bertz CT molecular complexity index is 1770. The van der Waals surface area contributed by atoms with Crippen LogP contribution in [0.25, 0.3) is 11.0 Å². The van der Waals surface area contributed by atoms with Crippen LogP contribution >= 0.6 is 0 Å². The Kier molecular flexibility index (Phi) is 9.57. The maximum atomic E-state index is 16.3. The van der Waals surface area contributed by atoms with E-state index in [0.717, 1.165) is 6.07 Å². The van der Waals surface area contributed by atoms with Crippen LogP contribution in [0.2, 0.25) is 0 Å². The fourth-order valence-corrected chi connectivity index (χ4v) is 7.00. The Morgan fingerprint density at radius 3 is 2.31 bits per heavy atom. The molecule has 2 atom stereocenters. The number of H-pyrrole nitrogens is 1. The fourth-order valence-electron chi connectivity index (χ4n) is 6.12. The van der Waals surface area contributed by atoms with Crippen LogP contribution in [0, 0.1) is 11.7 Å². The smallest absolute Gasteiger partial charge is 0.329 e. The SMILES string of the molecule is CCc1nonc1C(=O)NC(c1nc2c(F)c(C(CCS(=O)(=O)CC)C(=O)N3CC(F)(F)C(F)(F)C3)ccc2[nH]1)C1CCC(F)(F)CC1. The normalized spacial score (nSPS) is 20.6. The number of aromatic amines is 1. The Hall–Kier alpha value is -3.77. The van der Waals surface area contributed by atoms with E-state index in [1.165, 1.54) is 13.0 Å². The summed E-state index contributed by atoms with van der Waals surface area (Å²) in [7, 11) is -3.76. The number of alkyl halides is 6. The van der Waals surface area contributed by atoms with Crippen LogP contribution in [-0.4, -0.2) is 87.8 Å². The van der Waals surface area contributed by atoms with Crippen molar-refractivity contribution in [2.75, 3.05) is 24.6 Å². The maximum Gasteiger partial charge on any atom is 0.329 e. The number of likely N-dealkylation sites (tertiary alicyclic amines) is 1. The molecule has 0 radical (unpaired) electrons. The Morgan fingerprint density at radius 2 is 1.71 bits per heavy atom. The average molecular weight is 711 g/mol. The highest BCUT2D eigenvalue weighted by molar-refractivity contribution is 7.91. The summed E-state index contributed by atoms with van der Waals surface area (Å²) in [6.45, 7) is -0.257. The van der Waals surface area contributed by atoms with Gasteiger partial charge in [-0.05, 0) is 42.8 Å². The van der Waals surface area contributed by atoms with Crippen molar-refractivity contribution >= 4 is 32.7 Å². The van der Waals surface area contributed by atoms with Gasteiger partial charge in [0.2, 0.25) is 11.8 Å². The number of rotatable bonds is 11. The molecule has 2 unspecified atom stereocenters. The number of fused-ring (bicyclic) bond motifs is 1. The molecule has 1 aliphatic heterocycles. The summed E-state index contributed by atoms with van der Waals surface area (Å²) >= 11 is 0. The topological polar surface area (TPSA) is 151 Å². The molecule has 2 aliphatic rings. The lowest BCUT2D eigenvalue weighted by Gasteiger charge is -2.33. The van der Waals surface area contributed by atoms with E-state index in [4.69, 9.17) is 0 Å². The third-order valence-electron chi connectivity index (χ3n) is 9.02. The van der Waals surface area contributed by atoms with Crippen LogP contribution in [0.3, 0.4) is 0 Å². The van der Waals surface area contributed by atoms with Gasteiger partial charge in [-0.2, -0.15) is 17.6 Å². The van der Waals surface area contributed by atoms with Gasteiger partial charge in [0.1, 0.15) is 26.9 Å². The van der Waals surface area contributed by atoms with Crippen molar-refractivity contribution in [1.82, 2.24) is 30.5 Å². The minimum absolute atomic E-state index is 0.0330. The van der Waals surface area contributed by atoms with Crippen LogP contribution in [0.4, 0.5) is 30.7 Å². The van der Waals surface area contributed by atoms with Crippen LogP contribution in [-0.2, 0) is 21.1 Å². The third-order valence-corrected chi connectivity index (χ3v) is 10.8. The molecule has 0 bridgehead atoms. The first kappa shape index (κ1) is 35.5. The van der Waals surface area contributed by atoms with Gasteiger partial charge in [-0.3, -0.25) is 9.59 Å². The summed E-state index contributed by atoms with van der Waals surface area (Å²) in [6, 6.07) is 1.30. The standard InChI is InChI=1S/C29H33F7N6O5S/c1-3-18-23(41-47-40-18)25(43)39-21(15-7-10-27(31,32)11-8-15)24-37-19-6-5-16(20(30)22(19)38-24)17(9-12-48(45,46)4-2)26(44)42-13-28(33,34)29(35,36)14-42/h5-6,15,17,21H,3-4,7-14H2,1-2H3,(H,37,38)(H,39,43). The number of hydrogen-bond acceptors (Lipinski definition) is 8. The van der Waals surface area contributed by atoms with Crippen molar-refractivity contribution in [2.45, 2.75) is 82.1 Å². The van der Waals surface area contributed by atoms with Crippen molar-refractivity contribution in [2.24, 2.45) is 5.92 Å². The van der Waals surface area contributed by atoms with Gasteiger partial charge in [-0.15, -0.1) is 0 Å². The zero-order valence-electron chi connectivity index (χ0n) is 25.8. The molecule has 1 aromatic carbocycles. The zero-order valence-corrected chi connectivity index (χ0v) is 26.7. The molecule has 48 heavy (non-hydrogen) atoms. The average Bonchev–Trinajstić information content (AvgIpc) is 3.73. The molecule has 2 aromatic heterocycles. The number of benzene rings is 1. The van der Waals surface area contributed by atoms with Gasteiger partial charge in [-0.25, -0.2) is 31.2 Å². The zero-order chi connectivity index (χ0) is 35.2. The largest absolute Gasteiger partial charge is 0.340 e. The molecular formula is C29H33F7N6O5S. The highest BCUT2D eigenvalue weighted by atomic mass is 32.2. The van der Waals surface area contributed by atoms with E-state index in [9.17, 15) is 44.3 Å². The lowest BCUT2D eigenvalue weighted by molar-refractivity contribution is -0.172. The number of amides is 2. The Labute approximate surface area is 269 Å². The monoisotopic (exact) mass is 710 g/mol. The van der Waals surface area contributed by atoms with E-state index in [-0.39, 0.29) is 52.6 Å². The van der Waals surface area contributed by atoms with E-state index >= 15 is 4.39 Å². The second kappa shape index (κ2) is 12.9. The van der Waals surface area contributed by atoms with Crippen LogP contribution < -0.4 is 5.32 Å². The van der Waals surface area contributed by atoms with E-state index in [1.807, 2.05) is 0 Å². The number of halogens is 7. The highest BCUT2D eigenvalue weighted by Gasteiger charge is 2.64.